The first-order valence-corrected chi connectivity index (χ1v) is 9.10. The molecule has 1 saturated heterocycles. The Morgan fingerprint density at radius 1 is 1.15 bits per heavy atom. The summed E-state index contributed by atoms with van der Waals surface area (Å²) in [5.41, 5.74) is 1.22. The van der Waals surface area contributed by atoms with Crippen molar-refractivity contribution in [1.29, 1.82) is 0 Å². The van der Waals surface area contributed by atoms with Crippen molar-refractivity contribution in [3.8, 4) is 5.75 Å². The highest BCUT2D eigenvalue weighted by Crippen LogP contribution is 2.40. The lowest BCUT2D eigenvalue weighted by Gasteiger charge is -2.43. The van der Waals surface area contributed by atoms with E-state index in [-0.39, 0.29) is 11.7 Å². The van der Waals surface area contributed by atoms with E-state index in [1.807, 2.05) is 23.1 Å². The van der Waals surface area contributed by atoms with E-state index in [0.29, 0.717) is 24.3 Å². The van der Waals surface area contributed by atoms with E-state index in [2.05, 4.69) is 22.0 Å². The molecule has 1 amide bonds. The van der Waals surface area contributed by atoms with Crippen molar-refractivity contribution in [3.05, 3.63) is 59.9 Å². The highest BCUT2D eigenvalue weighted by atomic mass is 19.1. The van der Waals surface area contributed by atoms with Crippen LogP contribution in [0.3, 0.4) is 0 Å². The minimum absolute atomic E-state index is 0.131. The van der Waals surface area contributed by atoms with Gasteiger partial charge in [-0.3, -0.25) is 9.69 Å². The molecule has 140 valence electrons. The number of hydrogen-bond acceptors (Lipinski definition) is 4. The van der Waals surface area contributed by atoms with E-state index in [1.54, 1.807) is 12.4 Å². The first-order valence-electron chi connectivity index (χ1n) is 9.10. The van der Waals surface area contributed by atoms with E-state index < -0.39 is 5.54 Å². The Labute approximate surface area is 158 Å². The van der Waals surface area contributed by atoms with Gasteiger partial charge in [-0.25, -0.2) is 9.38 Å². The third-order valence-electron chi connectivity index (χ3n) is 5.48. The molecule has 0 unspecified atom stereocenters. The van der Waals surface area contributed by atoms with Gasteiger partial charge in [-0.15, -0.1) is 0 Å². The number of carbonyl (C=O) groups excluding carboxylic acids is 1. The number of carbonyl (C=O) groups is 1. The van der Waals surface area contributed by atoms with Crippen LogP contribution in [0.1, 0.15) is 18.4 Å². The van der Waals surface area contributed by atoms with Gasteiger partial charge in [0.2, 0.25) is 0 Å². The normalized spacial score (nSPS) is 19.0. The molecule has 27 heavy (non-hydrogen) atoms. The van der Waals surface area contributed by atoms with Crippen LogP contribution in [0.25, 0.3) is 0 Å². The van der Waals surface area contributed by atoms with Gasteiger partial charge < -0.3 is 9.64 Å². The van der Waals surface area contributed by atoms with Crippen LogP contribution in [-0.2, 0) is 11.3 Å². The van der Waals surface area contributed by atoms with Crippen molar-refractivity contribution in [2.45, 2.75) is 24.9 Å². The summed E-state index contributed by atoms with van der Waals surface area (Å²) in [6.07, 6.45) is 2.89. The van der Waals surface area contributed by atoms with Crippen LogP contribution >= 0.6 is 0 Å². The Morgan fingerprint density at radius 3 is 2.59 bits per heavy atom. The first kappa shape index (κ1) is 17.7. The lowest BCUT2D eigenvalue weighted by molar-refractivity contribution is -0.123. The molecule has 0 atom stereocenters. The average molecular weight is 367 g/mol. The van der Waals surface area contributed by atoms with E-state index >= 15 is 0 Å². The zero-order valence-electron chi connectivity index (χ0n) is 15.3. The molecular formula is C21H22FN3O2. The third-order valence-corrected chi connectivity index (χ3v) is 5.48. The van der Waals surface area contributed by atoms with Crippen LogP contribution in [0.4, 0.5) is 10.1 Å². The van der Waals surface area contributed by atoms with Crippen molar-refractivity contribution in [3.63, 3.8) is 0 Å². The highest BCUT2D eigenvalue weighted by molar-refractivity contribution is 6.08. The summed E-state index contributed by atoms with van der Waals surface area (Å²) in [4.78, 5) is 21.0. The fourth-order valence-electron chi connectivity index (χ4n) is 3.96. The standard InChI is InChI=1S/C21H22FN3O2/c1-27-19-13-17(22)7-8-18(19)25-15-23-20(26)21(25)9-11-24(12-10-21)14-16-5-3-2-4-6-16/h2-8,13,15H,9-12,14H2,1H3. The molecule has 2 aliphatic rings. The molecule has 0 saturated carbocycles. The van der Waals surface area contributed by atoms with Crippen molar-refractivity contribution >= 4 is 17.9 Å². The molecule has 0 radical (unpaired) electrons. The number of ether oxygens (including phenoxy) is 1. The Balaban J connectivity index is 1.55. The van der Waals surface area contributed by atoms with Gasteiger partial charge in [0.1, 0.15) is 23.4 Å². The van der Waals surface area contributed by atoms with Gasteiger partial charge in [-0.1, -0.05) is 30.3 Å². The van der Waals surface area contributed by atoms with Gasteiger partial charge in [0.15, 0.2) is 0 Å². The second-order valence-electron chi connectivity index (χ2n) is 7.03. The number of rotatable bonds is 4. The molecule has 1 fully saturated rings. The molecule has 2 heterocycles. The Kier molecular flexibility index (Phi) is 4.66. The summed E-state index contributed by atoms with van der Waals surface area (Å²) in [6.45, 7) is 2.46. The number of amides is 1. The second kappa shape index (κ2) is 7.12. The molecule has 4 rings (SSSR count). The molecule has 5 nitrogen and oxygen atoms in total. The van der Waals surface area contributed by atoms with E-state index in [1.165, 1.54) is 24.8 Å². The minimum atomic E-state index is -0.710. The molecule has 0 N–H and O–H groups in total. The number of piperidine rings is 1. The summed E-state index contributed by atoms with van der Waals surface area (Å²) in [5.74, 6) is -0.0970. The number of aliphatic imine (C=N–C) groups is 1. The molecule has 0 aromatic heterocycles. The zero-order chi connectivity index (χ0) is 18.9. The van der Waals surface area contributed by atoms with Gasteiger partial charge in [0, 0.05) is 25.7 Å². The van der Waals surface area contributed by atoms with Gasteiger partial charge >= 0.3 is 0 Å². The summed E-state index contributed by atoms with van der Waals surface area (Å²) in [5, 5.41) is 0. The minimum Gasteiger partial charge on any atom is -0.494 e. The maximum absolute atomic E-state index is 13.6. The Bertz CT molecular complexity index is 861. The van der Waals surface area contributed by atoms with Gasteiger partial charge in [0.05, 0.1) is 12.8 Å². The molecule has 0 aliphatic carbocycles. The fourth-order valence-corrected chi connectivity index (χ4v) is 3.96. The van der Waals surface area contributed by atoms with E-state index in [4.69, 9.17) is 4.74 Å². The molecule has 2 aromatic rings. The lowest BCUT2D eigenvalue weighted by Crippen LogP contribution is -2.56. The average Bonchev–Trinajstić information content (AvgIpc) is 3.00. The zero-order valence-corrected chi connectivity index (χ0v) is 15.3. The molecule has 0 bridgehead atoms. The number of methoxy groups -OCH3 is 1. The monoisotopic (exact) mass is 367 g/mol. The number of benzene rings is 2. The van der Waals surface area contributed by atoms with Crippen LogP contribution in [0.15, 0.2) is 53.5 Å². The molecule has 1 spiro atoms. The number of anilines is 1. The van der Waals surface area contributed by atoms with E-state index in [9.17, 15) is 9.18 Å². The lowest BCUT2D eigenvalue weighted by atomic mass is 9.85. The number of likely N-dealkylation sites (tertiary alicyclic amines) is 1. The van der Waals surface area contributed by atoms with Crippen LogP contribution in [0.2, 0.25) is 0 Å². The molecule has 2 aliphatic heterocycles. The fraction of sp³-hybridized carbons (Fsp3) is 0.333. The largest absolute Gasteiger partial charge is 0.494 e. The van der Waals surface area contributed by atoms with Gasteiger partial charge in [-0.2, -0.15) is 0 Å². The number of nitrogens with zero attached hydrogens (tertiary/aromatic N) is 3. The Hall–Kier alpha value is -2.73. The smallest absolute Gasteiger partial charge is 0.273 e. The molecule has 2 aromatic carbocycles. The van der Waals surface area contributed by atoms with Crippen molar-refractivity contribution in [1.82, 2.24) is 4.90 Å². The third kappa shape index (κ3) is 3.21. The quantitative estimate of drug-likeness (QED) is 0.832. The Morgan fingerprint density at radius 2 is 1.89 bits per heavy atom. The number of hydrogen-bond donors (Lipinski definition) is 0. The van der Waals surface area contributed by atoms with Crippen molar-refractivity contribution in [2.24, 2.45) is 4.99 Å². The summed E-state index contributed by atoms with van der Waals surface area (Å²) >= 11 is 0. The second-order valence-corrected chi connectivity index (χ2v) is 7.03. The van der Waals surface area contributed by atoms with Crippen LogP contribution in [0.5, 0.6) is 5.75 Å². The molecular weight excluding hydrogens is 345 g/mol. The van der Waals surface area contributed by atoms with Crippen LogP contribution in [0, 0.1) is 5.82 Å². The predicted octanol–water partition coefficient (Wildman–Crippen LogP) is 3.24. The summed E-state index contributed by atoms with van der Waals surface area (Å²) < 4.78 is 18.9. The highest BCUT2D eigenvalue weighted by Gasteiger charge is 2.49. The van der Waals surface area contributed by atoms with E-state index in [0.717, 1.165) is 19.6 Å². The van der Waals surface area contributed by atoms with Gasteiger partial charge in [0.25, 0.3) is 5.91 Å². The maximum atomic E-state index is 13.6. The van der Waals surface area contributed by atoms with Crippen LogP contribution in [-0.4, -0.2) is 42.9 Å². The summed E-state index contributed by atoms with van der Waals surface area (Å²) in [6, 6.07) is 14.7. The summed E-state index contributed by atoms with van der Waals surface area (Å²) in [7, 11) is 1.50. The van der Waals surface area contributed by atoms with Gasteiger partial charge in [-0.05, 0) is 30.5 Å². The maximum Gasteiger partial charge on any atom is 0.273 e. The molecule has 6 heteroatoms. The van der Waals surface area contributed by atoms with Crippen LogP contribution < -0.4 is 9.64 Å². The van der Waals surface area contributed by atoms with Crippen molar-refractivity contribution < 1.29 is 13.9 Å². The predicted molar refractivity (Wildman–Crippen MR) is 103 cm³/mol. The van der Waals surface area contributed by atoms with Crippen molar-refractivity contribution in [2.75, 3.05) is 25.1 Å². The number of halogens is 1. The first-order chi connectivity index (χ1) is 13.1. The topological polar surface area (TPSA) is 45.1 Å². The SMILES string of the molecule is COc1cc(F)ccc1N1C=NC(=O)C12CCN(Cc1ccccc1)CC2.